The molecule has 0 aliphatic carbocycles. The van der Waals surface area contributed by atoms with Gasteiger partial charge >= 0.3 is 0 Å². The number of carbonyl (C=O) groups excluding carboxylic acids is 2. The van der Waals surface area contributed by atoms with Gasteiger partial charge in [0.05, 0.1) is 5.69 Å². The van der Waals surface area contributed by atoms with Gasteiger partial charge in [0.15, 0.2) is 0 Å². The summed E-state index contributed by atoms with van der Waals surface area (Å²) in [6.07, 6.45) is 0.332. The molecule has 1 saturated heterocycles. The van der Waals surface area contributed by atoms with E-state index in [4.69, 9.17) is 0 Å². The lowest BCUT2D eigenvalue weighted by atomic mass is 10.1. The second-order valence-electron chi connectivity index (χ2n) is 6.45. The van der Waals surface area contributed by atoms with Crippen molar-refractivity contribution in [3.8, 4) is 0 Å². The monoisotopic (exact) mass is 321 g/mol. The molecule has 1 aromatic rings. The van der Waals surface area contributed by atoms with Gasteiger partial charge in [-0.2, -0.15) is 0 Å². The van der Waals surface area contributed by atoms with Crippen molar-refractivity contribution in [3.05, 3.63) is 29.6 Å². The van der Waals surface area contributed by atoms with Crippen LogP contribution in [-0.4, -0.2) is 42.4 Å². The van der Waals surface area contributed by atoms with Crippen molar-refractivity contribution >= 4 is 17.5 Å². The van der Waals surface area contributed by atoms with E-state index in [0.717, 1.165) is 6.54 Å². The van der Waals surface area contributed by atoms with E-state index in [2.05, 4.69) is 10.6 Å². The fourth-order valence-electron chi connectivity index (χ4n) is 2.62. The lowest BCUT2D eigenvalue weighted by Gasteiger charge is -2.32. The van der Waals surface area contributed by atoms with Crippen LogP contribution in [0.3, 0.4) is 0 Å². The van der Waals surface area contributed by atoms with Crippen molar-refractivity contribution in [2.45, 2.75) is 33.2 Å². The zero-order chi connectivity index (χ0) is 17.0. The van der Waals surface area contributed by atoms with E-state index in [0.29, 0.717) is 25.1 Å². The number of halogens is 1. The van der Waals surface area contributed by atoms with E-state index in [1.165, 1.54) is 12.1 Å². The highest BCUT2D eigenvalue weighted by Gasteiger charge is 2.22. The van der Waals surface area contributed by atoms with Gasteiger partial charge in [-0.1, -0.05) is 13.8 Å². The smallest absolute Gasteiger partial charge is 0.254 e. The van der Waals surface area contributed by atoms with Crippen molar-refractivity contribution in [2.75, 3.05) is 25.0 Å². The van der Waals surface area contributed by atoms with Gasteiger partial charge < -0.3 is 15.5 Å². The average molecular weight is 321 g/mol. The number of nitrogens with zero attached hydrogens (tertiary/aromatic N) is 1. The predicted molar refractivity (Wildman–Crippen MR) is 87.9 cm³/mol. The number of anilines is 1. The summed E-state index contributed by atoms with van der Waals surface area (Å²) in [5.41, 5.74) is 0.416. The van der Waals surface area contributed by atoms with Crippen LogP contribution < -0.4 is 10.6 Å². The van der Waals surface area contributed by atoms with Gasteiger partial charge in [-0.05, 0) is 31.0 Å². The molecule has 1 aliphatic rings. The highest BCUT2D eigenvalue weighted by atomic mass is 19.1. The number of piperazine rings is 1. The Morgan fingerprint density at radius 3 is 2.78 bits per heavy atom. The Balaban J connectivity index is 2.06. The van der Waals surface area contributed by atoms with Crippen LogP contribution in [0.4, 0.5) is 10.1 Å². The maximum absolute atomic E-state index is 14.2. The Hall–Kier alpha value is -1.95. The van der Waals surface area contributed by atoms with E-state index in [1.807, 2.05) is 20.8 Å². The van der Waals surface area contributed by atoms with Crippen LogP contribution in [0.2, 0.25) is 0 Å². The van der Waals surface area contributed by atoms with Gasteiger partial charge in [-0.3, -0.25) is 9.59 Å². The summed E-state index contributed by atoms with van der Waals surface area (Å²) in [4.78, 5) is 25.9. The quantitative estimate of drug-likeness (QED) is 0.894. The number of hydrogen-bond acceptors (Lipinski definition) is 3. The standard InChI is InChI=1S/C17H24FN3O2/c1-11(2)8-16(22)20-15-5-4-13(9-14(15)18)17(23)21-7-6-19-12(3)10-21/h4-5,9,11-12,19H,6-8,10H2,1-3H3,(H,20,22). The van der Waals surface area contributed by atoms with Gasteiger partial charge in [0, 0.05) is 37.7 Å². The summed E-state index contributed by atoms with van der Waals surface area (Å²) in [6, 6.07) is 4.43. The van der Waals surface area contributed by atoms with Crippen molar-refractivity contribution in [1.82, 2.24) is 10.2 Å². The fraction of sp³-hybridized carbons (Fsp3) is 0.529. The average Bonchev–Trinajstić information content (AvgIpc) is 2.47. The van der Waals surface area contributed by atoms with Crippen LogP contribution in [-0.2, 0) is 4.79 Å². The minimum Gasteiger partial charge on any atom is -0.336 e. The molecule has 0 bridgehead atoms. The second-order valence-corrected chi connectivity index (χ2v) is 6.45. The molecule has 1 atom stereocenters. The first-order valence-corrected chi connectivity index (χ1v) is 7.99. The van der Waals surface area contributed by atoms with Crippen LogP contribution >= 0.6 is 0 Å². The molecule has 23 heavy (non-hydrogen) atoms. The summed E-state index contributed by atoms with van der Waals surface area (Å²) < 4.78 is 14.2. The molecule has 1 aliphatic heterocycles. The van der Waals surface area contributed by atoms with E-state index in [9.17, 15) is 14.0 Å². The third-order valence-corrected chi connectivity index (χ3v) is 3.74. The maximum atomic E-state index is 14.2. The predicted octanol–water partition coefficient (Wildman–Crippen LogP) is 2.24. The Bertz CT molecular complexity index is 589. The van der Waals surface area contributed by atoms with Gasteiger partial charge in [-0.25, -0.2) is 4.39 Å². The van der Waals surface area contributed by atoms with Gasteiger partial charge in [0.25, 0.3) is 5.91 Å². The molecule has 126 valence electrons. The number of carbonyl (C=O) groups is 2. The zero-order valence-electron chi connectivity index (χ0n) is 13.9. The molecule has 1 unspecified atom stereocenters. The van der Waals surface area contributed by atoms with Crippen LogP contribution in [0.5, 0.6) is 0 Å². The Morgan fingerprint density at radius 2 is 2.17 bits per heavy atom. The van der Waals surface area contributed by atoms with Gasteiger partial charge in [-0.15, -0.1) is 0 Å². The highest BCUT2D eigenvalue weighted by Crippen LogP contribution is 2.18. The summed E-state index contributed by atoms with van der Waals surface area (Å²) in [5.74, 6) is -0.795. The lowest BCUT2D eigenvalue weighted by molar-refractivity contribution is -0.116. The number of rotatable bonds is 4. The van der Waals surface area contributed by atoms with Gasteiger partial charge in [0.2, 0.25) is 5.91 Å². The third kappa shape index (κ3) is 4.76. The van der Waals surface area contributed by atoms with E-state index in [-0.39, 0.29) is 29.5 Å². The molecule has 5 nitrogen and oxygen atoms in total. The molecule has 1 heterocycles. The Labute approximate surface area is 136 Å². The van der Waals surface area contributed by atoms with E-state index >= 15 is 0 Å². The van der Waals surface area contributed by atoms with Crippen molar-refractivity contribution in [2.24, 2.45) is 5.92 Å². The highest BCUT2D eigenvalue weighted by molar-refractivity contribution is 5.96. The molecule has 0 radical (unpaired) electrons. The largest absolute Gasteiger partial charge is 0.336 e. The molecule has 1 fully saturated rings. The molecule has 0 aromatic heterocycles. The van der Waals surface area contributed by atoms with Crippen molar-refractivity contribution in [3.63, 3.8) is 0 Å². The summed E-state index contributed by atoms with van der Waals surface area (Å²) in [7, 11) is 0. The Kier molecular flexibility index (Phi) is 5.71. The maximum Gasteiger partial charge on any atom is 0.254 e. The van der Waals surface area contributed by atoms with Gasteiger partial charge in [0.1, 0.15) is 5.82 Å². The summed E-state index contributed by atoms with van der Waals surface area (Å²) >= 11 is 0. The minimum atomic E-state index is -0.587. The molecular weight excluding hydrogens is 297 g/mol. The Morgan fingerprint density at radius 1 is 1.43 bits per heavy atom. The summed E-state index contributed by atoms with van der Waals surface area (Å²) in [6.45, 7) is 7.80. The third-order valence-electron chi connectivity index (χ3n) is 3.74. The number of hydrogen-bond donors (Lipinski definition) is 2. The topological polar surface area (TPSA) is 61.4 Å². The SMILES string of the molecule is CC(C)CC(=O)Nc1ccc(C(=O)N2CCNC(C)C2)cc1F. The first-order chi connectivity index (χ1) is 10.9. The number of benzene rings is 1. The number of amides is 2. The first-order valence-electron chi connectivity index (χ1n) is 7.99. The fourth-order valence-corrected chi connectivity index (χ4v) is 2.62. The van der Waals surface area contributed by atoms with Crippen molar-refractivity contribution < 1.29 is 14.0 Å². The van der Waals surface area contributed by atoms with Crippen LogP contribution in [0.1, 0.15) is 37.6 Å². The normalized spacial score (nSPS) is 18.1. The van der Waals surface area contributed by atoms with E-state index in [1.54, 1.807) is 11.0 Å². The van der Waals surface area contributed by atoms with Crippen molar-refractivity contribution in [1.29, 1.82) is 0 Å². The lowest BCUT2D eigenvalue weighted by Crippen LogP contribution is -2.51. The van der Waals surface area contributed by atoms with Crippen LogP contribution in [0.15, 0.2) is 18.2 Å². The molecular formula is C17H24FN3O2. The number of nitrogens with one attached hydrogen (secondary N) is 2. The molecule has 6 heteroatoms. The second kappa shape index (κ2) is 7.55. The molecule has 1 aromatic carbocycles. The zero-order valence-corrected chi connectivity index (χ0v) is 13.9. The molecule has 0 spiro atoms. The molecule has 0 saturated carbocycles. The first kappa shape index (κ1) is 17.4. The minimum absolute atomic E-state index is 0.112. The van der Waals surface area contributed by atoms with E-state index < -0.39 is 5.82 Å². The van der Waals surface area contributed by atoms with Crippen LogP contribution in [0.25, 0.3) is 0 Å². The molecule has 2 rings (SSSR count). The summed E-state index contributed by atoms with van der Waals surface area (Å²) in [5, 5.41) is 5.81. The van der Waals surface area contributed by atoms with Crippen LogP contribution in [0, 0.1) is 11.7 Å². The molecule has 2 N–H and O–H groups in total. The molecule has 2 amide bonds.